The molecule has 0 bridgehead atoms. The number of hydrogen-bond donors (Lipinski definition) is 1. The molecule has 0 spiro atoms. The maximum atomic E-state index is 12.1. The van der Waals surface area contributed by atoms with Crippen LogP contribution in [0.15, 0.2) is 36.4 Å². The Morgan fingerprint density at radius 1 is 1.14 bits per heavy atom. The average Bonchev–Trinajstić information content (AvgIpc) is 2.63. The molecule has 0 aromatic heterocycles. The summed E-state index contributed by atoms with van der Waals surface area (Å²) in [5.41, 5.74) is 0.00953. The molecule has 1 N–H and O–H groups in total. The molecule has 0 saturated heterocycles. The number of rotatable bonds is 7. The van der Waals surface area contributed by atoms with Gasteiger partial charge in [0.05, 0.1) is 20.0 Å². The lowest BCUT2D eigenvalue weighted by atomic mass is 10.2. The number of nitrogens with one attached hydrogen (secondary N) is 1. The SMILES string of the molecule is CC(OC(=O)COc1cc(Cl)c(Cl)cc1Cl)C(=O)Nc1cccc([N+](=O)[O-])c1. The minimum Gasteiger partial charge on any atom is -0.480 e. The number of benzene rings is 2. The van der Waals surface area contributed by atoms with Crippen LogP contribution in [0.2, 0.25) is 15.1 Å². The zero-order chi connectivity index (χ0) is 20.8. The van der Waals surface area contributed by atoms with Gasteiger partial charge >= 0.3 is 5.97 Å². The molecule has 0 aliphatic rings. The number of nitrogens with zero attached hydrogens (tertiary/aromatic N) is 1. The first-order valence-corrected chi connectivity index (χ1v) is 8.83. The maximum Gasteiger partial charge on any atom is 0.344 e. The Hall–Kier alpha value is -2.55. The Morgan fingerprint density at radius 3 is 2.50 bits per heavy atom. The Balaban J connectivity index is 1.89. The molecule has 1 amide bonds. The second-order valence-corrected chi connectivity index (χ2v) is 6.64. The predicted octanol–water partition coefficient (Wildman–Crippen LogP) is 4.50. The lowest BCUT2D eigenvalue weighted by molar-refractivity contribution is -0.384. The third-order valence-corrected chi connectivity index (χ3v) is 4.34. The Bertz CT molecular complexity index is 922. The van der Waals surface area contributed by atoms with Crippen LogP contribution in [0, 0.1) is 10.1 Å². The van der Waals surface area contributed by atoms with E-state index in [4.69, 9.17) is 44.3 Å². The quantitative estimate of drug-likeness (QED) is 0.290. The van der Waals surface area contributed by atoms with Crippen molar-refractivity contribution < 1.29 is 24.0 Å². The third-order valence-electron chi connectivity index (χ3n) is 3.32. The zero-order valence-corrected chi connectivity index (χ0v) is 16.5. The molecular weight excluding hydrogens is 435 g/mol. The molecule has 1 unspecified atom stereocenters. The van der Waals surface area contributed by atoms with Crippen LogP contribution < -0.4 is 10.1 Å². The van der Waals surface area contributed by atoms with E-state index in [2.05, 4.69) is 5.32 Å². The van der Waals surface area contributed by atoms with Crippen LogP contribution in [0.3, 0.4) is 0 Å². The number of halogens is 3. The van der Waals surface area contributed by atoms with Crippen LogP contribution in [-0.2, 0) is 14.3 Å². The summed E-state index contributed by atoms with van der Waals surface area (Å²) in [6.45, 7) is 0.822. The van der Waals surface area contributed by atoms with Crippen LogP contribution in [0.5, 0.6) is 5.75 Å². The van der Waals surface area contributed by atoms with Crippen molar-refractivity contribution in [3.8, 4) is 5.75 Å². The summed E-state index contributed by atoms with van der Waals surface area (Å²) in [7, 11) is 0. The van der Waals surface area contributed by atoms with E-state index < -0.39 is 29.5 Å². The minimum absolute atomic E-state index is 0.127. The fourth-order valence-corrected chi connectivity index (χ4v) is 2.57. The molecule has 8 nitrogen and oxygen atoms in total. The molecule has 2 aromatic carbocycles. The molecular formula is C17H13Cl3N2O6. The number of amides is 1. The van der Waals surface area contributed by atoms with Crippen LogP contribution in [0.1, 0.15) is 6.92 Å². The Morgan fingerprint density at radius 2 is 1.82 bits per heavy atom. The van der Waals surface area contributed by atoms with Gasteiger partial charge in [-0.1, -0.05) is 40.9 Å². The standard InChI is InChI=1S/C17H13Cl3N2O6/c1-9(17(24)21-10-3-2-4-11(5-10)22(25)26)28-16(23)8-27-15-7-13(19)12(18)6-14(15)20/h2-7,9H,8H2,1H3,(H,21,24). The van der Waals surface area contributed by atoms with Crippen molar-refractivity contribution in [2.24, 2.45) is 0 Å². The predicted molar refractivity (Wildman–Crippen MR) is 104 cm³/mol. The number of carbonyl (C=O) groups is 2. The van der Waals surface area contributed by atoms with Gasteiger partial charge in [-0.2, -0.15) is 0 Å². The van der Waals surface area contributed by atoms with E-state index in [1.165, 1.54) is 43.3 Å². The van der Waals surface area contributed by atoms with Crippen LogP contribution in [0.25, 0.3) is 0 Å². The fourth-order valence-electron chi connectivity index (χ4n) is 1.98. The number of nitro benzene ring substituents is 1. The summed E-state index contributed by atoms with van der Waals surface area (Å²) < 4.78 is 10.2. The van der Waals surface area contributed by atoms with Gasteiger partial charge in [-0.15, -0.1) is 0 Å². The van der Waals surface area contributed by atoms with Crippen molar-refractivity contribution in [2.45, 2.75) is 13.0 Å². The molecule has 0 aliphatic heterocycles. The largest absolute Gasteiger partial charge is 0.480 e. The number of non-ortho nitro benzene ring substituents is 1. The summed E-state index contributed by atoms with van der Waals surface area (Å²) in [4.78, 5) is 34.1. The number of hydrogen-bond acceptors (Lipinski definition) is 6. The van der Waals surface area contributed by atoms with Gasteiger partial charge in [-0.3, -0.25) is 14.9 Å². The van der Waals surface area contributed by atoms with E-state index >= 15 is 0 Å². The minimum atomic E-state index is -1.17. The highest BCUT2D eigenvalue weighted by Crippen LogP contribution is 2.33. The maximum absolute atomic E-state index is 12.1. The van der Waals surface area contributed by atoms with Crippen LogP contribution in [0.4, 0.5) is 11.4 Å². The van der Waals surface area contributed by atoms with Crippen molar-refractivity contribution in [3.63, 3.8) is 0 Å². The lowest BCUT2D eigenvalue weighted by Crippen LogP contribution is -2.31. The summed E-state index contributed by atoms with van der Waals surface area (Å²) >= 11 is 17.6. The number of anilines is 1. The van der Waals surface area contributed by atoms with Crippen molar-refractivity contribution in [2.75, 3.05) is 11.9 Å². The monoisotopic (exact) mass is 446 g/mol. The topological polar surface area (TPSA) is 108 Å². The zero-order valence-electron chi connectivity index (χ0n) is 14.3. The Labute approximate surface area is 174 Å². The van der Waals surface area contributed by atoms with Crippen molar-refractivity contribution >= 4 is 58.1 Å². The highest BCUT2D eigenvalue weighted by atomic mass is 35.5. The van der Waals surface area contributed by atoms with Crippen molar-refractivity contribution in [1.29, 1.82) is 0 Å². The van der Waals surface area contributed by atoms with Gasteiger partial charge in [0.25, 0.3) is 11.6 Å². The van der Waals surface area contributed by atoms with Crippen LogP contribution in [-0.4, -0.2) is 29.5 Å². The van der Waals surface area contributed by atoms with Crippen molar-refractivity contribution in [1.82, 2.24) is 0 Å². The highest BCUT2D eigenvalue weighted by Gasteiger charge is 2.19. The molecule has 0 saturated carbocycles. The Kier molecular flexibility index (Phi) is 7.45. The molecule has 0 heterocycles. The highest BCUT2D eigenvalue weighted by molar-refractivity contribution is 6.43. The smallest absolute Gasteiger partial charge is 0.344 e. The molecule has 2 aromatic rings. The number of nitro groups is 1. The lowest BCUT2D eigenvalue weighted by Gasteiger charge is -2.14. The molecule has 148 valence electrons. The van der Waals surface area contributed by atoms with Gasteiger partial charge in [-0.05, 0) is 19.1 Å². The second kappa shape index (κ2) is 9.59. The normalized spacial score (nSPS) is 11.4. The molecule has 1 atom stereocenters. The molecule has 0 radical (unpaired) electrons. The first-order chi connectivity index (χ1) is 13.2. The molecule has 2 rings (SSSR count). The van der Waals surface area contributed by atoms with Gasteiger partial charge in [-0.25, -0.2) is 4.79 Å². The van der Waals surface area contributed by atoms with Gasteiger partial charge in [0, 0.05) is 23.9 Å². The van der Waals surface area contributed by atoms with Gasteiger partial charge in [0.15, 0.2) is 12.7 Å². The fraction of sp³-hybridized carbons (Fsp3) is 0.176. The number of ether oxygens (including phenoxy) is 2. The van der Waals surface area contributed by atoms with E-state index in [0.717, 1.165) is 0 Å². The summed E-state index contributed by atoms with van der Waals surface area (Å²) in [6.07, 6.45) is -1.17. The molecule has 0 fully saturated rings. The second-order valence-electron chi connectivity index (χ2n) is 5.41. The molecule has 11 heteroatoms. The van der Waals surface area contributed by atoms with E-state index in [-0.39, 0.29) is 32.2 Å². The average molecular weight is 448 g/mol. The third kappa shape index (κ3) is 5.98. The van der Waals surface area contributed by atoms with Gasteiger partial charge in [0.2, 0.25) is 0 Å². The first kappa shape index (κ1) is 21.7. The summed E-state index contributed by atoms with van der Waals surface area (Å²) in [6, 6.07) is 8.06. The molecule has 0 aliphatic carbocycles. The number of esters is 1. The van der Waals surface area contributed by atoms with Gasteiger partial charge in [0.1, 0.15) is 5.75 Å². The number of carbonyl (C=O) groups excluding carboxylic acids is 2. The van der Waals surface area contributed by atoms with E-state index in [1.54, 1.807) is 0 Å². The summed E-state index contributed by atoms with van der Waals surface area (Å²) in [5, 5.41) is 13.8. The van der Waals surface area contributed by atoms with E-state index in [1.807, 2.05) is 0 Å². The van der Waals surface area contributed by atoms with E-state index in [0.29, 0.717) is 0 Å². The van der Waals surface area contributed by atoms with E-state index in [9.17, 15) is 19.7 Å². The van der Waals surface area contributed by atoms with Crippen LogP contribution >= 0.6 is 34.8 Å². The molecule has 28 heavy (non-hydrogen) atoms. The summed E-state index contributed by atoms with van der Waals surface area (Å²) in [5.74, 6) is -1.37. The first-order valence-electron chi connectivity index (χ1n) is 7.69. The van der Waals surface area contributed by atoms with Crippen molar-refractivity contribution in [3.05, 3.63) is 61.6 Å². The van der Waals surface area contributed by atoms with Gasteiger partial charge < -0.3 is 14.8 Å².